The van der Waals surface area contributed by atoms with Crippen molar-refractivity contribution in [1.82, 2.24) is 0 Å². The predicted octanol–water partition coefficient (Wildman–Crippen LogP) is 4.90. The number of rotatable bonds is 2. The Kier molecular flexibility index (Phi) is 4.58. The van der Waals surface area contributed by atoms with E-state index in [0.29, 0.717) is 27.0 Å². The molecule has 2 aromatic carbocycles. The summed E-state index contributed by atoms with van der Waals surface area (Å²) >= 11 is 15.1. The molecule has 0 aliphatic carbocycles. The fourth-order valence-electron chi connectivity index (χ4n) is 1.71. The highest BCUT2D eigenvalue weighted by atomic mass is 79.9. The van der Waals surface area contributed by atoms with Crippen LogP contribution >= 0.6 is 39.1 Å². The van der Waals surface area contributed by atoms with Crippen LogP contribution in [0, 0.1) is 6.92 Å². The van der Waals surface area contributed by atoms with Crippen LogP contribution in [0.3, 0.4) is 0 Å². The highest BCUT2D eigenvalue weighted by molar-refractivity contribution is 9.10. The van der Waals surface area contributed by atoms with E-state index in [-0.39, 0.29) is 5.91 Å². The quantitative estimate of drug-likeness (QED) is 0.735. The Morgan fingerprint density at radius 3 is 2.55 bits per heavy atom. The number of hydrogen-bond acceptors (Lipinski definition) is 2. The van der Waals surface area contributed by atoms with Crippen molar-refractivity contribution in [2.24, 2.45) is 0 Å². The molecule has 0 aliphatic heterocycles. The van der Waals surface area contributed by atoms with Crippen LogP contribution in [0.1, 0.15) is 15.9 Å². The summed E-state index contributed by atoms with van der Waals surface area (Å²) in [6, 6.07) is 8.38. The minimum Gasteiger partial charge on any atom is -0.398 e. The average Bonchev–Trinajstić information content (AvgIpc) is 2.38. The van der Waals surface area contributed by atoms with Crippen LogP contribution in [0.25, 0.3) is 0 Å². The molecule has 0 unspecified atom stereocenters. The van der Waals surface area contributed by atoms with Crippen molar-refractivity contribution in [1.29, 1.82) is 0 Å². The van der Waals surface area contributed by atoms with Crippen molar-refractivity contribution in [3.05, 3.63) is 56.0 Å². The first kappa shape index (κ1) is 15.2. The molecule has 0 atom stereocenters. The van der Waals surface area contributed by atoms with Crippen LogP contribution in [0.5, 0.6) is 0 Å². The molecular formula is C14H11BrCl2N2O. The summed E-state index contributed by atoms with van der Waals surface area (Å²) in [7, 11) is 0. The molecule has 2 aromatic rings. The third-order valence-electron chi connectivity index (χ3n) is 2.83. The molecule has 0 radical (unpaired) electrons. The normalized spacial score (nSPS) is 10.4. The number of benzene rings is 2. The number of amides is 1. The number of hydrogen-bond donors (Lipinski definition) is 2. The van der Waals surface area contributed by atoms with Crippen LogP contribution in [0.4, 0.5) is 11.4 Å². The van der Waals surface area contributed by atoms with Crippen molar-refractivity contribution in [2.75, 3.05) is 11.1 Å². The molecule has 6 heteroatoms. The van der Waals surface area contributed by atoms with Gasteiger partial charge in [0, 0.05) is 21.4 Å². The predicted molar refractivity (Wildman–Crippen MR) is 87.7 cm³/mol. The first-order valence-corrected chi connectivity index (χ1v) is 7.25. The van der Waals surface area contributed by atoms with E-state index in [1.165, 1.54) is 0 Å². The lowest BCUT2D eigenvalue weighted by atomic mass is 10.1. The number of carbonyl (C=O) groups is 1. The van der Waals surface area contributed by atoms with Gasteiger partial charge in [0.15, 0.2) is 0 Å². The molecule has 0 spiro atoms. The van der Waals surface area contributed by atoms with Gasteiger partial charge in [-0.3, -0.25) is 4.79 Å². The molecule has 0 fully saturated rings. The molecule has 0 saturated heterocycles. The van der Waals surface area contributed by atoms with Gasteiger partial charge < -0.3 is 11.1 Å². The van der Waals surface area contributed by atoms with Crippen LogP contribution in [0.15, 0.2) is 34.8 Å². The minimum atomic E-state index is -0.256. The molecular weight excluding hydrogens is 363 g/mol. The summed E-state index contributed by atoms with van der Waals surface area (Å²) in [5, 5.41) is 3.58. The highest BCUT2D eigenvalue weighted by Gasteiger charge is 2.13. The first-order valence-electron chi connectivity index (χ1n) is 5.70. The van der Waals surface area contributed by atoms with E-state index >= 15 is 0 Å². The van der Waals surface area contributed by atoms with Crippen molar-refractivity contribution in [2.45, 2.75) is 6.92 Å². The van der Waals surface area contributed by atoms with Crippen molar-refractivity contribution >= 4 is 56.4 Å². The number of anilines is 2. The molecule has 0 bridgehead atoms. The van der Waals surface area contributed by atoms with Gasteiger partial charge in [0.2, 0.25) is 0 Å². The van der Waals surface area contributed by atoms with Crippen molar-refractivity contribution < 1.29 is 4.79 Å². The zero-order chi connectivity index (χ0) is 14.9. The Balaban J connectivity index is 2.30. The molecule has 3 nitrogen and oxygen atoms in total. The van der Waals surface area contributed by atoms with Gasteiger partial charge in [0.05, 0.1) is 10.0 Å². The summed E-state index contributed by atoms with van der Waals surface area (Å²) in [5.41, 5.74) is 8.20. The number of halogens is 3. The average molecular weight is 374 g/mol. The lowest BCUT2D eigenvalue weighted by molar-refractivity contribution is 0.102. The minimum absolute atomic E-state index is 0.256. The third kappa shape index (κ3) is 3.26. The monoisotopic (exact) mass is 372 g/mol. The molecule has 20 heavy (non-hydrogen) atoms. The standard InChI is InChI=1S/C14H11BrCl2N2O/c1-7-10(4-8(15)5-13(7)18)14(20)19-9-2-3-11(16)12(17)6-9/h2-6H,18H2,1H3,(H,19,20). The summed E-state index contributed by atoms with van der Waals surface area (Å²) in [6.45, 7) is 1.80. The van der Waals surface area contributed by atoms with Gasteiger partial charge in [-0.1, -0.05) is 39.1 Å². The smallest absolute Gasteiger partial charge is 0.256 e. The molecule has 3 N–H and O–H groups in total. The zero-order valence-electron chi connectivity index (χ0n) is 10.5. The Morgan fingerprint density at radius 2 is 1.90 bits per heavy atom. The molecule has 0 aromatic heterocycles. The fraction of sp³-hybridized carbons (Fsp3) is 0.0714. The Labute approximate surface area is 135 Å². The maximum absolute atomic E-state index is 12.3. The van der Waals surface area contributed by atoms with Crippen molar-refractivity contribution in [3.63, 3.8) is 0 Å². The van der Waals surface area contributed by atoms with Crippen LogP contribution in [-0.2, 0) is 0 Å². The summed E-state index contributed by atoms with van der Waals surface area (Å²) in [4.78, 5) is 12.3. The van der Waals surface area contributed by atoms with E-state index in [2.05, 4.69) is 21.2 Å². The van der Waals surface area contributed by atoms with Gasteiger partial charge >= 0.3 is 0 Å². The van der Waals surface area contributed by atoms with Gasteiger partial charge in [0.25, 0.3) is 5.91 Å². The van der Waals surface area contributed by atoms with Gasteiger partial charge in [-0.25, -0.2) is 0 Å². The molecule has 104 valence electrons. The van der Waals surface area contributed by atoms with Crippen LogP contribution in [-0.4, -0.2) is 5.91 Å². The molecule has 0 saturated carbocycles. The second kappa shape index (κ2) is 6.04. The number of nitrogens with two attached hydrogens (primary N) is 1. The van der Waals surface area contributed by atoms with E-state index in [1.54, 1.807) is 37.3 Å². The topological polar surface area (TPSA) is 55.1 Å². The van der Waals surface area contributed by atoms with Crippen molar-refractivity contribution in [3.8, 4) is 0 Å². The first-order chi connectivity index (χ1) is 9.38. The molecule has 1 amide bonds. The Morgan fingerprint density at radius 1 is 1.20 bits per heavy atom. The second-order valence-electron chi connectivity index (χ2n) is 4.25. The Bertz CT molecular complexity index is 689. The lowest BCUT2D eigenvalue weighted by Crippen LogP contribution is -2.14. The van der Waals surface area contributed by atoms with E-state index in [1.807, 2.05) is 0 Å². The van der Waals surface area contributed by atoms with E-state index in [0.717, 1.165) is 10.0 Å². The molecule has 0 aliphatic rings. The Hall–Kier alpha value is -1.23. The SMILES string of the molecule is Cc1c(N)cc(Br)cc1C(=O)Nc1ccc(Cl)c(Cl)c1. The highest BCUT2D eigenvalue weighted by Crippen LogP contribution is 2.27. The summed E-state index contributed by atoms with van der Waals surface area (Å²) < 4.78 is 0.750. The van der Waals surface area contributed by atoms with E-state index in [9.17, 15) is 4.79 Å². The summed E-state index contributed by atoms with van der Waals surface area (Å²) in [6.07, 6.45) is 0. The fourth-order valence-corrected chi connectivity index (χ4v) is 2.48. The summed E-state index contributed by atoms with van der Waals surface area (Å²) in [5.74, 6) is -0.256. The third-order valence-corrected chi connectivity index (χ3v) is 4.03. The maximum atomic E-state index is 12.3. The largest absolute Gasteiger partial charge is 0.398 e. The zero-order valence-corrected chi connectivity index (χ0v) is 13.6. The van der Waals surface area contributed by atoms with Gasteiger partial charge in [0.1, 0.15) is 0 Å². The van der Waals surface area contributed by atoms with Gasteiger partial charge in [-0.05, 0) is 42.8 Å². The molecule has 2 rings (SSSR count). The number of nitrogen functional groups attached to an aromatic ring is 1. The van der Waals surface area contributed by atoms with E-state index < -0.39 is 0 Å². The van der Waals surface area contributed by atoms with Gasteiger partial charge in [-0.15, -0.1) is 0 Å². The lowest BCUT2D eigenvalue weighted by Gasteiger charge is -2.11. The van der Waals surface area contributed by atoms with Crippen LogP contribution < -0.4 is 11.1 Å². The second-order valence-corrected chi connectivity index (χ2v) is 5.98. The van der Waals surface area contributed by atoms with Gasteiger partial charge in [-0.2, -0.15) is 0 Å². The number of carbonyl (C=O) groups excluding carboxylic acids is 1. The van der Waals surface area contributed by atoms with E-state index in [4.69, 9.17) is 28.9 Å². The maximum Gasteiger partial charge on any atom is 0.256 e. The van der Waals surface area contributed by atoms with Crippen LogP contribution in [0.2, 0.25) is 10.0 Å². The molecule has 0 heterocycles. The number of nitrogens with one attached hydrogen (secondary N) is 1.